The number of amides is 1. The Balaban J connectivity index is 2.00. The van der Waals surface area contributed by atoms with Gasteiger partial charge in [-0.1, -0.05) is 42.7 Å². The third-order valence-electron chi connectivity index (χ3n) is 3.87. The van der Waals surface area contributed by atoms with Gasteiger partial charge in [0.15, 0.2) is 0 Å². The number of hydrogen-bond donors (Lipinski definition) is 2. The molecule has 18 heavy (non-hydrogen) atoms. The van der Waals surface area contributed by atoms with E-state index in [9.17, 15) is 4.79 Å². The Morgan fingerprint density at radius 2 is 1.83 bits per heavy atom. The van der Waals surface area contributed by atoms with Crippen LogP contribution < -0.4 is 11.1 Å². The molecule has 0 radical (unpaired) electrons. The number of carbonyl (C=O) groups is 1. The third kappa shape index (κ3) is 2.72. The summed E-state index contributed by atoms with van der Waals surface area (Å²) in [7, 11) is 0. The summed E-state index contributed by atoms with van der Waals surface area (Å²) in [4.78, 5) is 12.2. The molecule has 3 nitrogen and oxygen atoms in total. The number of nitrogens with two attached hydrogens (primary N) is 1. The summed E-state index contributed by atoms with van der Waals surface area (Å²) >= 11 is 0. The summed E-state index contributed by atoms with van der Waals surface area (Å²) in [5.74, 6) is -0.00641. The van der Waals surface area contributed by atoms with Gasteiger partial charge < -0.3 is 11.1 Å². The highest BCUT2D eigenvalue weighted by atomic mass is 16.2. The van der Waals surface area contributed by atoms with Crippen molar-refractivity contribution in [2.24, 2.45) is 5.73 Å². The average molecular weight is 246 g/mol. The van der Waals surface area contributed by atoms with Crippen LogP contribution in [-0.2, 0) is 4.79 Å². The number of benzene rings is 1. The van der Waals surface area contributed by atoms with Crippen LogP contribution in [-0.4, -0.2) is 11.4 Å². The largest absolute Gasteiger partial charge is 0.348 e. The van der Waals surface area contributed by atoms with Gasteiger partial charge in [-0.25, -0.2) is 0 Å². The molecule has 0 unspecified atom stereocenters. The molecule has 1 atom stereocenters. The lowest BCUT2D eigenvalue weighted by atomic mass is 9.97. The van der Waals surface area contributed by atoms with Crippen molar-refractivity contribution in [3.63, 3.8) is 0 Å². The molecule has 0 bridgehead atoms. The van der Waals surface area contributed by atoms with Gasteiger partial charge in [0.2, 0.25) is 5.91 Å². The minimum Gasteiger partial charge on any atom is -0.348 e. The molecule has 98 valence electrons. The molecule has 1 aliphatic rings. The maximum absolute atomic E-state index is 12.2. The van der Waals surface area contributed by atoms with Crippen LogP contribution in [0.1, 0.15) is 49.8 Å². The number of nitrogens with one attached hydrogen (secondary N) is 1. The van der Waals surface area contributed by atoms with Crippen LogP contribution in [0, 0.1) is 6.92 Å². The average Bonchev–Trinajstić information content (AvgIpc) is 2.78. The molecule has 1 amide bonds. The van der Waals surface area contributed by atoms with E-state index in [2.05, 4.69) is 36.5 Å². The van der Waals surface area contributed by atoms with E-state index >= 15 is 0 Å². The summed E-state index contributed by atoms with van der Waals surface area (Å²) in [6.45, 7) is 4.06. The lowest BCUT2D eigenvalue weighted by Gasteiger charge is -2.25. The van der Waals surface area contributed by atoms with E-state index in [1.54, 1.807) is 0 Å². The van der Waals surface area contributed by atoms with E-state index in [4.69, 9.17) is 5.73 Å². The van der Waals surface area contributed by atoms with Gasteiger partial charge in [0.25, 0.3) is 0 Å². The molecule has 2 rings (SSSR count). The molecular weight excluding hydrogens is 224 g/mol. The molecule has 3 N–H and O–H groups in total. The molecule has 1 aromatic rings. The summed E-state index contributed by atoms with van der Waals surface area (Å²) in [5.41, 5.74) is 7.85. The molecule has 0 aromatic heterocycles. The Morgan fingerprint density at radius 1 is 1.28 bits per heavy atom. The molecule has 3 heteroatoms. The zero-order valence-corrected chi connectivity index (χ0v) is 11.2. The first-order valence-corrected chi connectivity index (χ1v) is 6.68. The van der Waals surface area contributed by atoms with E-state index in [-0.39, 0.29) is 11.9 Å². The number of aryl methyl sites for hydroxylation is 1. The maximum Gasteiger partial charge on any atom is 0.240 e. The van der Waals surface area contributed by atoms with E-state index in [0.29, 0.717) is 0 Å². The topological polar surface area (TPSA) is 55.1 Å². The van der Waals surface area contributed by atoms with Gasteiger partial charge in [-0.3, -0.25) is 4.79 Å². The summed E-state index contributed by atoms with van der Waals surface area (Å²) in [5, 5.41) is 3.03. The highest BCUT2D eigenvalue weighted by Crippen LogP contribution is 2.28. The molecule has 1 aromatic carbocycles. The van der Waals surface area contributed by atoms with Crippen molar-refractivity contribution in [2.45, 2.75) is 51.1 Å². The number of hydrogen-bond acceptors (Lipinski definition) is 2. The second-order valence-electron chi connectivity index (χ2n) is 5.47. The zero-order chi connectivity index (χ0) is 13.2. The second kappa shape index (κ2) is 5.11. The lowest BCUT2D eigenvalue weighted by Crippen LogP contribution is -2.52. The van der Waals surface area contributed by atoms with E-state index in [1.807, 2.05) is 6.92 Å². The van der Waals surface area contributed by atoms with Crippen LogP contribution in [0.25, 0.3) is 0 Å². The summed E-state index contributed by atoms with van der Waals surface area (Å²) in [6, 6.07) is 8.24. The van der Waals surface area contributed by atoms with Gasteiger partial charge in [-0.05, 0) is 32.3 Å². The summed E-state index contributed by atoms with van der Waals surface area (Å²) < 4.78 is 0. The van der Waals surface area contributed by atoms with Crippen LogP contribution in [0.2, 0.25) is 0 Å². The van der Waals surface area contributed by atoms with Crippen molar-refractivity contribution in [3.8, 4) is 0 Å². The van der Waals surface area contributed by atoms with Gasteiger partial charge in [0, 0.05) is 0 Å². The first-order chi connectivity index (χ1) is 8.51. The fourth-order valence-corrected chi connectivity index (χ4v) is 2.51. The zero-order valence-electron chi connectivity index (χ0n) is 11.2. The summed E-state index contributed by atoms with van der Waals surface area (Å²) in [6.07, 6.45) is 3.73. The van der Waals surface area contributed by atoms with Gasteiger partial charge in [0.05, 0.1) is 11.6 Å². The van der Waals surface area contributed by atoms with Gasteiger partial charge in [0.1, 0.15) is 0 Å². The molecule has 0 spiro atoms. The molecule has 1 fully saturated rings. The quantitative estimate of drug-likeness (QED) is 0.860. The molecular formula is C15H22N2O. The second-order valence-corrected chi connectivity index (χ2v) is 5.47. The van der Waals surface area contributed by atoms with Crippen LogP contribution in [0.4, 0.5) is 0 Å². The predicted octanol–water partition coefficient (Wildman–Crippen LogP) is 2.44. The Hall–Kier alpha value is -1.35. The molecule has 1 aliphatic carbocycles. The number of rotatable bonds is 3. The smallest absolute Gasteiger partial charge is 0.240 e. The lowest BCUT2D eigenvalue weighted by molar-refractivity contribution is -0.126. The number of carbonyl (C=O) groups excluding carboxylic acids is 1. The fraction of sp³-hybridized carbons (Fsp3) is 0.533. The molecule has 0 heterocycles. The Bertz CT molecular complexity index is 419. The van der Waals surface area contributed by atoms with Crippen molar-refractivity contribution in [2.75, 3.05) is 0 Å². The van der Waals surface area contributed by atoms with Gasteiger partial charge in [-0.15, -0.1) is 0 Å². The fourth-order valence-electron chi connectivity index (χ4n) is 2.51. The Labute approximate surface area is 109 Å². The van der Waals surface area contributed by atoms with E-state index in [0.717, 1.165) is 31.2 Å². The van der Waals surface area contributed by atoms with Crippen molar-refractivity contribution in [1.82, 2.24) is 5.32 Å². The van der Waals surface area contributed by atoms with Crippen molar-refractivity contribution < 1.29 is 4.79 Å². The van der Waals surface area contributed by atoms with Crippen LogP contribution >= 0.6 is 0 Å². The first-order valence-electron chi connectivity index (χ1n) is 6.68. The van der Waals surface area contributed by atoms with Crippen molar-refractivity contribution in [3.05, 3.63) is 35.4 Å². The molecule has 0 aliphatic heterocycles. The molecule has 1 saturated carbocycles. The Kier molecular flexibility index (Phi) is 3.71. The van der Waals surface area contributed by atoms with E-state index < -0.39 is 5.54 Å². The van der Waals surface area contributed by atoms with Crippen LogP contribution in [0.5, 0.6) is 0 Å². The predicted molar refractivity (Wildman–Crippen MR) is 73.1 cm³/mol. The SMILES string of the molecule is Cc1ccc([C@@H](C)NC(=O)C2(N)CCCC2)cc1. The van der Waals surface area contributed by atoms with Crippen molar-refractivity contribution in [1.29, 1.82) is 0 Å². The van der Waals surface area contributed by atoms with Gasteiger partial charge in [-0.2, -0.15) is 0 Å². The minimum absolute atomic E-state index is 0.00641. The Morgan fingerprint density at radius 3 is 2.39 bits per heavy atom. The first kappa shape index (κ1) is 13.1. The van der Waals surface area contributed by atoms with Gasteiger partial charge >= 0.3 is 0 Å². The normalized spacial score (nSPS) is 19.5. The highest BCUT2D eigenvalue weighted by molar-refractivity contribution is 5.86. The monoisotopic (exact) mass is 246 g/mol. The van der Waals surface area contributed by atoms with E-state index in [1.165, 1.54) is 5.56 Å². The van der Waals surface area contributed by atoms with Crippen LogP contribution in [0.15, 0.2) is 24.3 Å². The van der Waals surface area contributed by atoms with Crippen LogP contribution in [0.3, 0.4) is 0 Å². The maximum atomic E-state index is 12.2. The third-order valence-corrected chi connectivity index (χ3v) is 3.87. The standard InChI is InChI=1S/C15H22N2O/c1-11-5-7-13(8-6-11)12(2)17-14(18)15(16)9-3-4-10-15/h5-8,12H,3-4,9-10,16H2,1-2H3,(H,17,18)/t12-/m1/s1. The highest BCUT2D eigenvalue weighted by Gasteiger charge is 2.37. The molecule has 0 saturated heterocycles. The minimum atomic E-state index is -0.640. The van der Waals surface area contributed by atoms with Crippen molar-refractivity contribution >= 4 is 5.91 Å².